The topological polar surface area (TPSA) is 111 Å². The molecule has 4 aromatic rings. The summed E-state index contributed by atoms with van der Waals surface area (Å²) >= 11 is 6.17. The van der Waals surface area contributed by atoms with Crippen LogP contribution in [0.5, 0.6) is 11.5 Å². The van der Waals surface area contributed by atoms with Gasteiger partial charge < -0.3 is 29.4 Å². The lowest BCUT2D eigenvalue weighted by Crippen LogP contribution is -2.39. The SMILES string of the molecule is CN(CCN(C)C(=O)Oc1cc2c(c3ccccc13)CCN2C(=O)CCCC(=O)N1C/C(=C\Cl)c2c1cc(O)c1ccccc21)C(=O)CF. The molecule has 12 heteroatoms. The molecule has 0 aromatic heterocycles. The van der Waals surface area contributed by atoms with Crippen LogP contribution in [0.1, 0.15) is 30.4 Å². The summed E-state index contributed by atoms with van der Waals surface area (Å²) in [4.78, 5) is 57.4. The first-order chi connectivity index (χ1) is 23.6. The molecule has 4 amide bonds. The molecule has 0 aliphatic carbocycles. The van der Waals surface area contributed by atoms with E-state index >= 15 is 0 Å². The summed E-state index contributed by atoms with van der Waals surface area (Å²) in [6.07, 6.45) is 0.530. The van der Waals surface area contributed by atoms with Gasteiger partial charge in [0, 0.05) is 80.6 Å². The quantitative estimate of drug-likeness (QED) is 0.223. The van der Waals surface area contributed by atoms with Gasteiger partial charge in [0.25, 0.3) is 5.91 Å². The van der Waals surface area contributed by atoms with Crippen molar-refractivity contribution >= 4 is 73.9 Å². The third kappa shape index (κ3) is 6.50. The molecule has 0 radical (unpaired) electrons. The van der Waals surface area contributed by atoms with Gasteiger partial charge in [-0.15, -0.1) is 0 Å². The molecule has 1 N–H and O–H groups in total. The van der Waals surface area contributed by atoms with Crippen molar-refractivity contribution in [2.45, 2.75) is 25.7 Å². The number of ether oxygens (including phenoxy) is 1. The largest absolute Gasteiger partial charge is 0.507 e. The highest BCUT2D eigenvalue weighted by molar-refractivity contribution is 6.30. The second-order valence-corrected chi connectivity index (χ2v) is 12.5. The van der Waals surface area contributed by atoms with Crippen molar-refractivity contribution in [1.29, 1.82) is 0 Å². The lowest BCUT2D eigenvalue weighted by Gasteiger charge is -2.23. The molecule has 4 aromatic carbocycles. The number of halogens is 2. The number of carbonyl (C=O) groups excluding carboxylic acids is 4. The average Bonchev–Trinajstić information content (AvgIpc) is 3.72. The second-order valence-electron chi connectivity index (χ2n) is 12.3. The van der Waals surface area contributed by atoms with E-state index in [1.54, 1.807) is 21.9 Å². The number of nitrogens with zero attached hydrogens (tertiary/aromatic N) is 4. The summed E-state index contributed by atoms with van der Waals surface area (Å²) < 4.78 is 18.5. The number of benzene rings is 4. The molecular formula is C37H36ClFN4O6. The normalized spacial score (nSPS) is 14.3. The maximum Gasteiger partial charge on any atom is 0.415 e. The molecule has 2 aliphatic rings. The van der Waals surface area contributed by atoms with Crippen molar-refractivity contribution < 1.29 is 33.4 Å². The van der Waals surface area contributed by atoms with Crippen LogP contribution in [0.25, 0.3) is 27.1 Å². The first-order valence-electron chi connectivity index (χ1n) is 16.1. The van der Waals surface area contributed by atoms with Crippen molar-refractivity contribution in [2.24, 2.45) is 0 Å². The molecule has 6 rings (SSSR count). The van der Waals surface area contributed by atoms with E-state index in [1.165, 1.54) is 29.4 Å². The van der Waals surface area contributed by atoms with Crippen LogP contribution in [-0.4, -0.2) is 85.7 Å². The van der Waals surface area contributed by atoms with Crippen LogP contribution >= 0.6 is 11.6 Å². The smallest absolute Gasteiger partial charge is 0.415 e. The Hall–Kier alpha value is -5.16. The zero-order chi connectivity index (χ0) is 34.8. The number of aromatic hydroxyl groups is 1. The van der Waals surface area contributed by atoms with Gasteiger partial charge in [0.2, 0.25) is 11.8 Å². The van der Waals surface area contributed by atoms with E-state index in [-0.39, 0.29) is 50.0 Å². The number of carbonyl (C=O) groups is 4. The van der Waals surface area contributed by atoms with Crippen molar-refractivity contribution in [3.05, 3.63) is 77.3 Å². The summed E-state index contributed by atoms with van der Waals surface area (Å²) in [5, 5.41) is 13.8. The predicted molar refractivity (Wildman–Crippen MR) is 188 cm³/mol. The van der Waals surface area contributed by atoms with E-state index in [2.05, 4.69) is 0 Å². The average molecular weight is 687 g/mol. The number of hydrogen-bond donors (Lipinski definition) is 1. The van der Waals surface area contributed by atoms with E-state index in [9.17, 15) is 28.7 Å². The number of likely N-dealkylation sites (N-methyl/N-ethyl adjacent to an activating group) is 2. The molecule has 2 heterocycles. The Labute approximate surface area is 287 Å². The Bertz CT molecular complexity index is 2020. The van der Waals surface area contributed by atoms with Crippen molar-refractivity contribution in [1.82, 2.24) is 9.80 Å². The van der Waals surface area contributed by atoms with E-state index in [4.69, 9.17) is 16.3 Å². The molecule has 0 saturated carbocycles. The first-order valence-corrected chi connectivity index (χ1v) is 16.5. The van der Waals surface area contributed by atoms with E-state index < -0.39 is 18.7 Å². The molecule has 2 aliphatic heterocycles. The Morgan fingerprint density at radius 1 is 0.878 bits per heavy atom. The van der Waals surface area contributed by atoms with Crippen molar-refractivity contribution in [3.8, 4) is 11.5 Å². The van der Waals surface area contributed by atoms with E-state index in [1.807, 2.05) is 48.5 Å². The Kier molecular flexibility index (Phi) is 9.73. The second kappa shape index (κ2) is 14.1. The fourth-order valence-electron chi connectivity index (χ4n) is 6.57. The fourth-order valence-corrected chi connectivity index (χ4v) is 6.75. The minimum atomic E-state index is -1.11. The van der Waals surface area contributed by atoms with Gasteiger partial charge >= 0.3 is 6.09 Å². The summed E-state index contributed by atoms with van der Waals surface area (Å²) in [6.45, 7) is -0.112. The zero-order valence-electron chi connectivity index (χ0n) is 27.2. The minimum absolute atomic E-state index is 0.0766. The van der Waals surface area contributed by atoms with Crippen LogP contribution in [0.4, 0.5) is 20.6 Å². The van der Waals surface area contributed by atoms with Crippen LogP contribution in [-0.2, 0) is 20.8 Å². The molecule has 0 atom stereocenters. The van der Waals surface area contributed by atoms with Gasteiger partial charge in [-0.3, -0.25) is 14.4 Å². The summed E-state index contributed by atoms with van der Waals surface area (Å²) in [6, 6.07) is 18.2. The van der Waals surface area contributed by atoms with Gasteiger partial charge in [0.05, 0.1) is 17.9 Å². The van der Waals surface area contributed by atoms with E-state index in [0.717, 1.165) is 32.9 Å². The van der Waals surface area contributed by atoms with Crippen LogP contribution < -0.4 is 14.5 Å². The number of anilines is 2. The molecule has 10 nitrogen and oxygen atoms in total. The Balaban J connectivity index is 1.14. The molecule has 254 valence electrons. The lowest BCUT2D eigenvalue weighted by atomic mass is 9.99. The number of hydrogen-bond acceptors (Lipinski definition) is 6. The number of phenolic OH excluding ortho intramolecular Hbond substituents is 1. The molecule has 49 heavy (non-hydrogen) atoms. The fraction of sp³-hybridized carbons (Fsp3) is 0.297. The van der Waals surface area contributed by atoms with E-state index in [0.29, 0.717) is 41.9 Å². The number of phenols is 1. The number of amides is 4. The van der Waals surface area contributed by atoms with Crippen LogP contribution in [0.15, 0.2) is 66.2 Å². The van der Waals surface area contributed by atoms with Gasteiger partial charge in [0.1, 0.15) is 11.5 Å². The van der Waals surface area contributed by atoms with Crippen LogP contribution in [0, 0.1) is 0 Å². The molecule has 0 saturated heterocycles. The molecular weight excluding hydrogens is 651 g/mol. The van der Waals surface area contributed by atoms with Gasteiger partial charge in [-0.1, -0.05) is 60.1 Å². The van der Waals surface area contributed by atoms with Gasteiger partial charge in [0.15, 0.2) is 6.67 Å². The van der Waals surface area contributed by atoms with Crippen molar-refractivity contribution in [3.63, 3.8) is 0 Å². The maximum atomic E-state index is 13.6. The highest BCUT2D eigenvalue weighted by Gasteiger charge is 2.32. The van der Waals surface area contributed by atoms with Crippen molar-refractivity contribution in [2.75, 3.05) is 56.7 Å². The number of rotatable bonds is 9. The van der Waals surface area contributed by atoms with Crippen LogP contribution in [0.3, 0.4) is 0 Å². The summed E-state index contributed by atoms with van der Waals surface area (Å²) in [7, 11) is 2.99. The third-order valence-electron chi connectivity index (χ3n) is 9.25. The molecule has 0 unspecified atom stereocenters. The zero-order valence-corrected chi connectivity index (χ0v) is 28.0. The number of fused-ring (bicyclic) bond motifs is 6. The molecule has 0 fully saturated rings. The first kappa shape index (κ1) is 33.7. The Morgan fingerprint density at radius 2 is 1.51 bits per heavy atom. The highest BCUT2D eigenvalue weighted by Crippen LogP contribution is 2.45. The van der Waals surface area contributed by atoms with Gasteiger partial charge in [-0.05, 0) is 34.8 Å². The summed E-state index contributed by atoms with van der Waals surface area (Å²) in [5.41, 5.74) is 5.28. The molecule has 0 spiro atoms. The monoisotopic (exact) mass is 686 g/mol. The standard InChI is InChI=1S/C37H36ClFN4O6/c1-40(35(47)21-39)16-17-41(2)37(48)49-32-19-29-25(24-8-3-5-10-27(24)32)14-15-42(29)33(45)12-7-13-34(46)43-22-23(20-38)36-28-11-6-4-9-26(28)31(44)18-30(36)43/h3-6,8-11,18-20,44H,7,12-17,21-22H2,1-2H3/b23-20+. The van der Waals surface area contributed by atoms with Crippen LogP contribution in [0.2, 0.25) is 0 Å². The van der Waals surface area contributed by atoms with Gasteiger partial charge in [-0.2, -0.15) is 0 Å². The minimum Gasteiger partial charge on any atom is -0.507 e. The number of alkyl halides is 1. The predicted octanol–water partition coefficient (Wildman–Crippen LogP) is 6.24. The Morgan fingerprint density at radius 3 is 2.20 bits per heavy atom. The molecule has 0 bridgehead atoms. The summed E-state index contributed by atoms with van der Waals surface area (Å²) in [5.74, 6) is -0.630. The highest BCUT2D eigenvalue weighted by atomic mass is 35.5. The lowest BCUT2D eigenvalue weighted by molar-refractivity contribution is -0.131. The van der Waals surface area contributed by atoms with Gasteiger partial charge in [-0.25, -0.2) is 9.18 Å². The third-order valence-corrected chi connectivity index (χ3v) is 9.51. The maximum absolute atomic E-state index is 13.6.